The molecule has 0 saturated heterocycles. The number of rotatable bonds is 4. The van der Waals surface area contributed by atoms with Crippen LogP contribution in [0.5, 0.6) is 0 Å². The van der Waals surface area contributed by atoms with Crippen LogP contribution < -0.4 is 0 Å². The summed E-state index contributed by atoms with van der Waals surface area (Å²) in [6, 6.07) is 8.26. The third-order valence-corrected chi connectivity index (χ3v) is 3.31. The minimum absolute atomic E-state index is 0.0251. The third-order valence-electron chi connectivity index (χ3n) is 2.51. The SMILES string of the molecule is O=C(OCc1cccc(Br)c1)c1cc([N+](=O)[O-])cnc1Cl. The summed E-state index contributed by atoms with van der Waals surface area (Å²) >= 11 is 9.07. The lowest BCUT2D eigenvalue weighted by atomic mass is 10.2. The molecule has 8 heteroatoms. The topological polar surface area (TPSA) is 82.3 Å². The number of aromatic nitrogens is 1. The highest BCUT2D eigenvalue weighted by Gasteiger charge is 2.18. The van der Waals surface area contributed by atoms with Gasteiger partial charge in [-0.1, -0.05) is 39.7 Å². The zero-order chi connectivity index (χ0) is 15.4. The molecule has 21 heavy (non-hydrogen) atoms. The van der Waals surface area contributed by atoms with Gasteiger partial charge in [-0.2, -0.15) is 0 Å². The molecule has 0 bridgehead atoms. The van der Waals surface area contributed by atoms with Crippen LogP contribution in [0.15, 0.2) is 41.0 Å². The molecule has 1 aromatic heterocycles. The normalized spacial score (nSPS) is 10.2. The Kier molecular flexibility index (Phi) is 4.87. The number of pyridine rings is 1. The second-order valence-electron chi connectivity index (χ2n) is 4.00. The molecule has 2 rings (SSSR count). The van der Waals surface area contributed by atoms with E-state index >= 15 is 0 Å². The molecule has 0 N–H and O–H groups in total. The average Bonchev–Trinajstić information content (AvgIpc) is 2.45. The summed E-state index contributed by atoms with van der Waals surface area (Å²) in [6.45, 7) is 0.0251. The maximum absolute atomic E-state index is 11.9. The molecular formula is C13H8BrClN2O4. The number of esters is 1. The van der Waals surface area contributed by atoms with Crippen LogP contribution in [0.25, 0.3) is 0 Å². The number of hydrogen-bond acceptors (Lipinski definition) is 5. The number of benzene rings is 1. The fourth-order valence-corrected chi connectivity index (χ4v) is 2.16. The van der Waals surface area contributed by atoms with Crippen LogP contribution >= 0.6 is 27.5 Å². The van der Waals surface area contributed by atoms with Crippen molar-refractivity contribution in [1.29, 1.82) is 0 Å². The molecule has 0 aliphatic carbocycles. The van der Waals surface area contributed by atoms with Crippen LogP contribution in [0.1, 0.15) is 15.9 Å². The van der Waals surface area contributed by atoms with E-state index < -0.39 is 10.9 Å². The summed E-state index contributed by atoms with van der Waals surface area (Å²) in [6.07, 6.45) is 0.980. The first-order valence-corrected chi connectivity index (χ1v) is 6.86. The predicted molar refractivity (Wildman–Crippen MR) is 79.2 cm³/mol. The lowest BCUT2D eigenvalue weighted by molar-refractivity contribution is -0.385. The minimum atomic E-state index is -0.767. The monoisotopic (exact) mass is 370 g/mol. The van der Waals surface area contributed by atoms with Gasteiger partial charge in [-0.15, -0.1) is 0 Å². The first-order chi connectivity index (χ1) is 9.97. The molecule has 1 aromatic carbocycles. The van der Waals surface area contributed by atoms with Crippen LogP contribution in [0.3, 0.4) is 0 Å². The van der Waals surface area contributed by atoms with Crippen LogP contribution in [0.4, 0.5) is 5.69 Å². The maximum Gasteiger partial charge on any atom is 0.341 e. The van der Waals surface area contributed by atoms with Crippen LogP contribution in [0, 0.1) is 10.1 Å². The fourth-order valence-electron chi connectivity index (χ4n) is 1.53. The van der Waals surface area contributed by atoms with Crippen molar-refractivity contribution in [2.24, 2.45) is 0 Å². The van der Waals surface area contributed by atoms with E-state index in [0.717, 1.165) is 22.3 Å². The Morgan fingerprint density at radius 1 is 1.43 bits per heavy atom. The van der Waals surface area contributed by atoms with E-state index in [0.29, 0.717) is 0 Å². The average molecular weight is 372 g/mol. The second kappa shape index (κ2) is 6.64. The van der Waals surface area contributed by atoms with E-state index in [1.165, 1.54) is 0 Å². The summed E-state index contributed by atoms with van der Waals surface area (Å²) in [4.78, 5) is 25.5. The Hall–Kier alpha value is -1.99. The van der Waals surface area contributed by atoms with Gasteiger partial charge in [0.05, 0.1) is 4.92 Å². The van der Waals surface area contributed by atoms with Crippen molar-refractivity contribution in [2.75, 3.05) is 0 Å². The van der Waals surface area contributed by atoms with Crippen molar-refractivity contribution >= 4 is 39.2 Å². The minimum Gasteiger partial charge on any atom is -0.457 e. The molecule has 0 amide bonds. The molecule has 0 saturated carbocycles. The highest BCUT2D eigenvalue weighted by molar-refractivity contribution is 9.10. The first-order valence-electron chi connectivity index (χ1n) is 5.69. The van der Waals surface area contributed by atoms with Crippen molar-refractivity contribution in [3.05, 3.63) is 67.4 Å². The maximum atomic E-state index is 11.9. The van der Waals surface area contributed by atoms with Gasteiger partial charge in [0.1, 0.15) is 23.5 Å². The lowest BCUT2D eigenvalue weighted by Crippen LogP contribution is -2.07. The predicted octanol–water partition coefficient (Wildman–Crippen LogP) is 3.76. The summed E-state index contributed by atoms with van der Waals surface area (Å²) in [5.41, 5.74) is 0.307. The third kappa shape index (κ3) is 3.99. The van der Waals surface area contributed by atoms with Gasteiger partial charge in [-0.25, -0.2) is 9.78 Å². The fraction of sp³-hybridized carbons (Fsp3) is 0.0769. The second-order valence-corrected chi connectivity index (χ2v) is 5.27. The summed E-state index contributed by atoms with van der Waals surface area (Å²) in [5, 5.41) is 10.5. The van der Waals surface area contributed by atoms with E-state index in [1.54, 1.807) is 18.2 Å². The quantitative estimate of drug-likeness (QED) is 0.354. The van der Waals surface area contributed by atoms with Gasteiger partial charge in [0.15, 0.2) is 0 Å². The lowest BCUT2D eigenvalue weighted by Gasteiger charge is -2.06. The van der Waals surface area contributed by atoms with E-state index in [9.17, 15) is 14.9 Å². The molecule has 0 unspecified atom stereocenters. The standard InChI is InChI=1S/C13H8BrClN2O4/c14-9-3-1-2-8(4-9)7-21-13(18)11-5-10(17(19)20)6-16-12(11)15/h1-6H,7H2. The van der Waals surface area contributed by atoms with E-state index in [-0.39, 0.29) is 23.0 Å². The number of nitrogens with zero attached hydrogens (tertiary/aromatic N) is 2. The van der Waals surface area contributed by atoms with Crippen molar-refractivity contribution in [2.45, 2.75) is 6.61 Å². The largest absolute Gasteiger partial charge is 0.457 e. The number of carbonyl (C=O) groups is 1. The summed E-state index contributed by atoms with van der Waals surface area (Å²) in [7, 11) is 0. The van der Waals surface area contributed by atoms with E-state index in [1.807, 2.05) is 6.07 Å². The molecular weight excluding hydrogens is 364 g/mol. The molecule has 2 aromatic rings. The number of hydrogen-bond donors (Lipinski definition) is 0. The van der Waals surface area contributed by atoms with Crippen molar-refractivity contribution in [3.8, 4) is 0 Å². The van der Waals surface area contributed by atoms with Gasteiger partial charge in [-0.05, 0) is 17.7 Å². The van der Waals surface area contributed by atoms with Crippen LogP contribution in [-0.4, -0.2) is 15.9 Å². The molecule has 0 fully saturated rings. The van der Waals surface area contributed by atoms with E-state index in [2.05, 4.69) is 20.9 Å². The van der Waals surface area contributed by atoms with Crippen molar-refractivity contribution < 1.29 is 14.5 Å². The molecule has 108 valence electrons. The molecule has 0 radical (unpaired) electrons. The van der Waals surface area contributed by atoms with Crippen LogP contribution in [-0.2, 0) is 11.3 Å². The summed E-state index contributed by atoms with van der Waals surface area (Å²) in [5.74, 6) is -0.767. The van der Waals surface area contributed by atoms with Gasteiger partial charge in [0.2, 0.25) is 0 Å². The highest BCUT2D eigenvalue weighted by atomic mass is 79.9. The Labute approximate surface area is 133 Å². The van der Waals surface area contributed by atoms with Crippen molar-refractivity contribution in [1.82, 2.24) is 4.98 Å². The molecule has 1 heterocycles. The molecule has 0 aliphatic rings. The number of nitro groups is 1. The number of ether oxygens (including phenoxy) is 1. The molecule has 0 atom stereocenters. The molecule has 0 spiro atoms. The Morgan fingerprint density at radius 3 is 2.86 bits per heavy atom. The number of halogens is 2. The number of carbonyl (C=O) groups excluding carboxylic acids is 1. The Bertz CT molecular complexity index is 708. The Morgan fingerprint density at radius 2 is 2.19 bits per heavy atom. The van der Waals surface area contributed by atoms with Gasteiger partial charge in [0.25, 0.3) is 5.69 Å². The first kappa shape index (κ1) is 15.4. The van der Waals surface area contributed by atoms with E-state index in [4.69, 9.17) is 16.3 Å². The Balaban J connectivity index is 2.13. The smallest absolute Gasteiger partial charge is 0.341 e. The zero-order valence-corrected chi connectivity index (χ0v) is 12.8. The highest BCUT2D eigenvalue weighted by Crippen LogP contribution is 2.20. The van der Waals surface area contributed by atoms with Crippen LogP contribution in [0.2, 0.25) is 5.15 Å². The van der Waals surface area contributed by atoms with Gasteiger partial charge in [-0.3, -0.25) is 10.1 Å². The zero-order valence-electron chi connectivity index (χ0n) is 10.5. The molecule has 6 nitrogen and oxygen atoms in total. The van der Waals surface area contributed by atoms with Gasteiger partial charge < -0.3 is 4.74 Å². The summed E-state index contributed by atoms with van der Waals surface area (Å²) < 4.78 is 5.93. The van der Waals surface area contributed by atoms with Gasteiger partial charge in [0, 0.05) is 10.5 Å². The molecule has 0 aliphatic heterocycles. The van der Waals surface area contributed by atoms with Gasteiger partial charge >= 0.3 is 5.97 Å². The van der Waals surface area contributed by atoms with Crippen molar-refractivity contribution in [3.63, 3.8) is 0 Å².